The van der Waals surface area contributed by atoms with Gasteiger partial charge in [-0.2, -0.15) is 0 Å². The van der Waals surface area contributed by atoms with E-state index in [0.29, 0.717) is 12.5 Å². The molecule has 0 aromatic rings. The van der Waals surface area contributed by atoms with E-state index in [4.69, 9.17) is 9.47 Å². The molecule has 100 valence electrons. The fourth-order valence-electron chi connectivity index (χ4n) is 1.85. The Balaban J connectivity index is 2.61. The van der Waals surface area contributed by atoms with Crippen molar-refractivity contribution >= 4 is 6.09 Å². The monoisotopic (exact) mass is 243 g/mol. The minimum atomic E-state index is -0.438. The molecule has 1 unspecified atom stereocenters. The van der Waals surface area contributed by atoms with E-state index in [1.165, 1.54) is 0 Å². The van der Waals surface area contributed by atoms with Crippen LogP contribution in [0.3, 0.4) is 0 Å². The maximum Gasteiger partial charge on any atom is 0.410 e. The lowest BCUT2D eigenvalue weighted by atomic mass is 10.1. The molecule has 0 N–H and O–H groups in total. The van der Waals surface area contributed by atoms with Gasteiger partial charge < -0.3 is 14.4 Å². The van der Waals surface area contributed by atoms with Crippen LogP contribution in [0.25, 0.3) is 0 Å². The van der Waals surface area contributed by atoms with Gasteiger partial charge in [-0.3, -0.25) is 0 Å². The summed E-state index contributed by atoms with van der Waals surface area (Å²) in [7, 11) is 0. The topological polar surface area (TPSA) is 38.8 Å². The molecule has 17 heavy (non-hydrogen) atoms. The summed E-state index contributed by atoms with van der Waals surface area (Å²) >= 11 is 0. The van der Waals surface area contributed by atoms with Crippen LogP contribution in [-0.2, 0) is 9.47 Å². The molecular formula is C13H25NO3. The van der Waals surface area contributed by atoms with Crippen LogP contribution in [0.15, 0.2) is 0 Å². The Hall–Kier alpha value is -0.770. The smallest absolute Gasteiger partial charge is 0.410 e. The van der Waals surface area contributed by atoms with E-state index >= 15 is 0 Å². The van der Waals surface area contributed by atoms with Crippen molar-refractivity contribution < 1.29 is 14.3 Å². The number of hydrogen-bond acceptors (Lipinski definition) is 3. The fraction of sp³-hybridized carbons (Fsp3) is 0.923. The number of hydrogen-bond donors (Lipinski definition) is 0. The molecule has 1 heterocycles. The Morgan fingerprint density at radius 3 is 2.53 bits per heavy atom. The van der Waals surface area contributed by atoms with Gasteiger partial charge in [-0.05, 0) is 40.0 Å². The molecule has 0 spiro atoms. The maximum atomic E-state index is 12.0. The van der Waals surface area contributed by atoms with Crippen molar-refractivity contribution in [2.24, 2.45) is 5.92 Å². The Morgan fingerprint density at radius 2 is 1.94 bits per heavy atom. The van der Waals surface area contributed by atoms with Crippen LogP contribution in [0.2, 0.25) is 0 Å². The number of ether oxygens (including phenoxy) is 2. The molecule has 0 bridgehead atoms. The second-order valence-corrected chi connectivity index (χ2v) is 5.96. The van der Waals surface area contributed by atoms with Gasteiger partial charge in [0, 0.05) is 19.7 Å². The summed E-state index contributed by atoms with van der Waals surface area (Å²) in [6.45, 7) is 11.9. The first kappa shape index (κ1) is 14.3. The van der Waals surface area contributed by atoms with Crippen LogP contribution in [0.1, 0.15) is 41.0 Å². The lowest BCUT2D eigenvalue weighted by Gasteiger charge is -2.33. The molecule has 2 atom stereocenters. The van der Waals surface area contributed by atoms with Crippen molar-refractivity contribution in [3.8, 4) is 0 Å². The minimum absolute atomic E-state index is 0.0787. The molecule has 1 aliphatic rings. The third-order valence-corrected chi connectivity index (χ3v) is 2.67. The van der Waals surface area contributed by atoms with Crippen molar-refractivity contribution in [1.82, 2.24) is 4.90 Å². The molecule has 1 fully saturated rings. The lowest BCUT2D eigenvalue weighted by molar-refractivity contribution is -0.0157. The van der Waals surface area contributed by atoms with Crippen LogP contribution in [0.5, 0.6) is 0 Å². The first-order valence-corrected chi connectivity index (χ1v) is 6.37. The highest BCUT2D eigenvalue weighted by molar-refractivity contribution is 5.68. The number of carbonyl (C=O) groups is 1. The molecule has 4 heteroatoms. The van der Waals surface area contributed by atoms with Gasteiger partial charge in [0.15, 0.2) is 0 Å². The molecule has 1 amide bonds. The first-order valence-electron chi connectivity index (χ1n) is 6.37. The first-order chi connectivity index (χ1) is 7.78. The Kier molecular flexibility index (Phi) is 4.80. The van der Waals surface area contributed by atoms with Gasteiger partial charge in [-0.15, -0.1) is 0 Å². The van der Waals surface area contributed by atoms with E-state index in [1.807, 2.05) is 27.7 Å². The Bertz CT molecular complexity index is 248. The number of amides is 1. The highest BCUT2D eigenvalue weighted by atomic mass is 16.6. The predicted molar refractivity (Wildman–Crippen MR) is 67.0 cm³/mol. The average Bonchev–Trinajstić information content (AvgIpc) is 2.11. The predicted octanol–water partition coefficient (Wildman–Crippen LogP) is 2.67. The van der Waals surface area contributed by atoms with Crippen LogP contribution in [0, 0.1) is 5.92 Å². The normalized spacial score (nSPS) is 27.2. The SMILES string of the molecule is CC1CCO[C@H](C)CN(C(=O)OC(C)(C)C)C1. The molecule has 0 radical (unpaired) electrons. The van der Waals surface area contributed by atoms with E-state index in [1.54, 1.807) is 4.90 Å². The van der Waals surface area contributed by atoms with Crippen LogP contribution in [-0.4, -0.2) is 42.4 Å². The molecule has 4 nitrogen and oxygen atoms in total. The summed E-state index contributed by atoms with van der Waals surface area (Å²) in [6, 6.07) is 0. The summed E-state index contributed by atoms with van der Waals surface area (Å²) in [5.74, 6) is 0.454. The molecule has 1 saturated heterocycles. The Morgan fingerprint density at radius 1 is 1.29 bits per heavy atom. The number of nitrogens with zero attached hydrogens (tertiary/aromatic N) is 1. The van der Waals surface area contributed by atoms with Gasteiger partial charge in [-0.1, -0.05) is 6.92 Å². The van der Waals surface area contributed by atoms with Crippen LogP contribution < -0.4 is 0 Å². The van der Waals surface area contributed by atoms with Crippen molar-refractivity contribution in [3.05, 3.63) is 0 Å². The van der Waals surface area contributed by atoms with Crippen molar-refractivity contribution in [2.45, 2.75) is 52.7 Å². The maximum absolute atomic E-state index is 12.0. The quantitative estimate of drug-likeness (QED) is 0.656. The largest absolute Gasteiger partial charge is 0.444 e. The van der Waals surface area contributed by atoms with E-state index < -0.39 is 5.60 Å². The molecule has 1 aliphatic heterocycles. The van der Waals surface area contributed by atoms with Gasteiger partial charge in [0.2, 0.25) is 0 Å². The van der Waals surface area contributed by atoms with E-state index in [2.05, 4.69) is 6.92 Å². The van der Waals surface area contributed by atoms with Gasteiger partial charge in [0.1, 0.15) is 5.60 Å². The van der Waals surface area contributed by atoms with Gasteiger partial charge in [-0.25, -0.2) is 4.79 Å². The molecule has 0 saturated carbocycles. The Labute approximate surface area is 104 Å². The van der Waals surface area contributed by atoms with Crippen molar-refractivity contribution in [2.75, 3.05) is 19.7 Å². The standard InChI is InChI=1S/C13H25NO3/c1-10-6-7-16-11(2)9-14(8-10)12(15)17-13(3,4)5/h10-11H,6-9H2,1-5H3/t10?,11-/m1/s1. The van der Waals surface area contributed by atoms with Gasteiger partial charge >= 0.3 is 6.09 Å². The van der Waals surface area contributed by atoms with Crippen molar-refractivity contribution in [1.29, 1.82) is 0 Å². The molecule has 0 aromatic carbocycles. The third-order valence-electron chi connectivity index (χ3n) is 2.67. The summed E-state index contributed by atoms with van der Waals surface area (Å²) < 4.78 is 11.0. The summed E-state index contributed by atoms with van der Waals surface area (Å²) in [6.07, 6.45) is 0.834. The fourth-order valence-corrected chi connectivity index (χ4v) is 1.85. The zero-order valence-corrected chi connectivity index (χ0v) is 11.7. The van der Waals surface area contributed by atoms with Crippen LogP contribution in [0.4, 0.5) is 4.79 Å². The third kappa shape index (κ3) is 5.39. The van der Waals surface area contributed by atoms with Gasteiger partial charge in [0.05, 0.1) is 6.10 Å². The van der Waals surface area contributed by atoms with Crippen LogP contribution >= 0.6 is 0 Å². The summed E-state index contributed by atoms with van der Waals surface area (Å²) in [4.78, 5) is 13.8. The molecular weight excluding hydrogens is 218 g/mol. The molecule has 0 aromatic heterocycles. The highest BCUT2D eigenvalue weighted by Gasteiger charge is 2.26. The lowest BCUT2D eigenvalue weighted by Crippen LogP contribution is -2.44. The number of carbonyl (C=O) groups excluding carboxylic acids is 1. The zero-order valence-electron chi connectivity index (χ0n) is 11.7. The number of rotatable bonds is 0. The summed E-state index contributed by atoms with van der Waals surface area (Å²) in [5, 5.41) is 0. The summed E-state index contributed by atoms with van der Waals surface area (Å²) in [5.41, 5.74) is -0.438. The second kappa shape index (κ2) is 5.71. The van der Waals surface area contributed by atoms with E-state index in [9.17, 15) is 4.79 Å². The van der Waals surface area contributed by atoms with E-state index in [0.717, 1.165) is 19.6 Å². The molecule has 0 aliphatic carbocycles. The van der Waals surface area contributed by atoms with Crippen molar-refractivity contribution in [3.63, 3.8) is 0 Å². The van der Waals surface area contributed by atoms with Gasteiger partial charge in [0.25, 0.3) is 0 Å². The zero-order chi connectivity index (χ0) is 13.1. The molecule has 1 rings (SSSR count). The second-order valence-electron chi connectivity index (χ2n) is 5.96. The minimum Gasteiger partial charge on any atom is -0.444 e. The highest BCUT2D eigenvalue weighted by Crippen LogP contribution is 2.15. The average molecular weight is 243 g/mol. The van der Waals surface area contributed by atoms with E-state index in [-0.39, 0.29) is 12.2 Å².